The van der Waals surface area contributed by atoms with Crippen molar-refractivity contribution in [2.24, 2.45) is 0 Å². The highest BCUT2D eigenvalue weighted by molar-refractivity contribution is 5.74. The van der Waals surface area contributed by atoms with E-state index in [2.05, 4.69) is 27.7 Å². The van der Waals surface area contributed by atoms with E-state index in [0.717, 1.165) is 13.1 Å². The van der Waals surface area contributed by atoms with Gasteiger partial charge in [-0.2, -0.15) is 0 Å². The number of rotatable bonds is 7. The van der Waals surface area contributed by atoms with Gasteiger partial charge in [0, 0.05) is 31.6 Å². The Morgan fingerprint density at radius 2 is 1.72 bits per heavy atom. The maximum atomic E-state index is 14.1. The lowest BCUT2D eigenvalue weighted by molar-refractivity contribution is 0.0167. The summed E-state index contributed by atoms with van der Waals surface area (Å²) < 4.78 is 19.6. The molecule has 1 unspecified atom stereocenters. The second-order valence-electron chi connectivity index (χ2n) is 8.00. The highest BCUT2D eigenvalue weighted by atomic mass is 19.1. The molecule has 2 amide bonds. The number of amides is 2. The minimum atomic E-state index is -0.508. The fourth-order valence-electron chi connectivity index (χ4n) is 3.68. The van der Waals surface area contributed by atoms with E-state index >= 15 is 0 Å². The van der Waals surface area contributed by atoms with Crippen molar-refractivity contribution in [3.8, 4) is 0 Å². The third-order valence-corrected chi connectivity index (χ3v) is 5.42. The Labute approximate surface area is 172 Å². The molecule has 0 bridgehead atoms. The summed E-state index contributed by atoms with van der Waals surface area (Å²) in [5.41, 5.74) is 1.25. The molecule has 5 nitrogen and oxygen atoms in total. The molecule has 1 fully saturated rings. The lowest BCUT2D eigenvalue weighted by atomic mass is 9.84. The van der Waals surface area contributed by atoms with Gasteiger partial charge in [0.25, 0.3) is 0 Å². The lowest BCUT2D eigenvalue weighted by Gasteiger charge is -2.35. The van der Waals surface area contributed by atoms with Crippen LogP contribution in [-0.4, -0.2) is 50.3 Å². The van der Waals surface area contributed by atoms with Crippen LogP contribution in [0.4, 0.5) is 9.18 Å². The quantitative estimate of drug-likeness (QED) is 0.750. The summed E-state index contributed by atoms with van der Waals surface area (Å²) in [6.07, 6.45) is 0. The van der Waals surface area contributed by atoms with Crippen molar-refractivity contribution in [2.75, 3.05) is 39.4 Å². The fourth-order valence-corrected chi connectivity index (χ4v) is 3.68. The number of morpholine rings is 1. The average Bonchev–Trinajstić information content (AvgIpc) is 2.74. The van der Waals surface area contributed by atoms with Gasteiger partial charge in [-0.15, -0.1) is 0 Å². The Hall–Kier alpha value is -2.44. The van der Waals surface area contributed by atoms with Crippen LogP contribution < -0.4 is 10.6 Å². The summed E-state index contributed by atoms with van der Waals surface area (Å²) in [5.74, 6) is -0.254. The molecule has 0 aromatic heterocycles. The molecule has 3 rings (SSSR count). The topological polar surface area (TPSA) is 53.6 Å². The minimum Gasteiger partial charge on any atom is -0.379 e. The molecule has 6 heteroatoms. The first kappa shape index (κ1) is 21.3. The minimum absolute atomic E-state index is 0.0884. The van der Waals surface area contributed by atoms with Gasteiger partial charge in [-0.25, -0.2) is 9.18 Å². The van der Waals surface area contributed by atoms with Crippen molar-refractivity contribution in [1.82, 2.24) is 15.5 Å². The van der Waals surface area contributed by atoms with Crippen LogP contribution in [0.2, 0.25) is 0 Å². The molecule has 2 aromatic rings. The monoisotopic (exact) mass is 399 g/mol. The van der Waals surface area contributed by atoms with Gasteiger partial charge in [0.1, 0.15) is 5.82 Å². The van der Waals surface area contributed by atoms with Crippen LogP contribution in [0.15, 0.2) is 54.6 Å². The zero-order valence-corrected chi connectivity index (χ0v) is 17.2. The number of carbonyl (C=O) groups is 1. The Balaban J connectivity index is 1.58. The predicted molar refractivity (Wildman–Crippen MR) is 112 cm³/mol. The highest BCUT2D eigenvalue weighted by Gasteiger charge is 2.26. The largest absolute Gasteiger partial charge is 0.379 e. The van der Waals surface area contributed by atoms with Crippen molar-refractivity contribution in [2.45, 2.75) is 25.3 Å². The number of hydrogen-bond acceptors (Lipinski definition) is 3. The van der Waals surface area contributed by atoms with Crippen LogP contribution in [0.5, 0.6) is 0 Å². The van der Waals surface area contributed by atoms with E-state index in [1.54, 1.807) is 12.1 Å². The predicted octanol–water partition coefficient (Wildman–Crippen LogP) is 3.48. The number of benzene rings is 2. The van der Waals surface area contributed by atoms with Gasteiger partial charge in [-0.3, -0.25) is 4.90 Å². The lowest BCUT2D eigenvalue weighted by Crippen LogP contribution is -2.47. The number of nitrogens with zero attached hydrogens (tertiary/aromatic N) is 1. The Morgan fingerprint density at radius 3 is 2.41 bits per heavy atom. The van der Waals surface area contributed by atoms with Gasteiger partial charge in [0.2, 0.25) is 0 Å². The molecule has 0 aliphatic carbocycles. The second kappa shape index (κ2) is 9.85. The number of halogens is 1. The number of carbonyl (C=O) groups excluding carboxylic acids is 1. The van der Waals surface area contributed by atoms with Gasteiger partial charge in [-0.05, 0) is 17.2 Å². The van der Waals surface area contributed by atoms with Crippen molar-refractivity contribution < 1.29 is 13.9 Å². The Morgan fingerprint density at radius 1 is 1.07 bits per heavy atom. The third kappa shape index (κ3) is 5.78. The molecule has 156 valence electrons. The Bertz CT molecular complexity index is 792. The second-order valence-corrected chi connectivity index (χ2v) is 8.00. The van der Waals surface area contributed by atoms with E-state index in [0.29, 0.717) is 31.9 Å². The fraction of sp³-hybridized carbons (Fsp3) is 0.435. The van der Waals surface area contributed by atoms with E-state index in [1.165, 1.54) is 11.6 Å². The maximum Gasteiger partial charge on any atom is 0.314 e. The van der Waals surface area contributed by atoms with E-state index in [9.17, 15) is 9.18 Å². The van der Waals surface area contributed by atoms with E-state index in [-0.39, 0.29) is 17.9 Å². The molecule has 1 heterocycles. The zero-order chi connectivity index (χ0) is 20.7. The van der Waals surface area contributed by atoms with Crippen LogP contribution in [0.3, 0.4) is 0 Å². The van der Waals surface area contributed by atoms with Crippen molar-refractivity contribution >= 4 is 6.03 Å². The SMILES string of the molecule is CC(C)(CNC(=O)NCC(c1ccccc1)N1CCOCC1)c1ccccc1F. The van der Waals surface area contributed by atoms with Gasteiger partial charge >= 0.3 is 6.03 Å². The van der Waals surface area contributed by atoms with Crippen molar-refractivity contribution in [1.29, 1.82) is 0 Å². The number of ether oxygens (including phenoxy) is 1. The molecule has 2 aromatic carbocycles. The average molecular weight is 400 g/mol. The van der Waals surface area contributed by atoms with Gasteiger partial charge in [0.05, 0.1) is 19.3 Å². The standard InChI is InChI=1S/C23H30FN3O2/c1-23(2,19-10-6-7-11-20(19)24)17-26-22(28)25-16-21(18-8-4-3-5-9-18)27-12-14-29-15-13-27/h3-11,21H,12-17H2,1-2H3,(H2,25,26,28). The number of urea groups is 1. The first-order chi connectivity index (χ1) is 14.0. The van der Waals surface area contributed by atoms with E-state index < -0.39 is 5.41 Å². The molecule has 1 atom stereocenters. The van der Waals surface area contributed by atoms with Crippen LogP contribution in [-0.2, 0) is 10.2 Å². The Kier molecular flexibility index (Phi) is 7.23. The molecule has 0 spiro atoms. The van der Waals surface area contributed by atoms with Crippen LogP contribution >= 0.6 is 0 Å². The summed E-state index contributed by atoms with van der Waals surface area (Å²) in [6.45, 7) is 7.76. The molecule has 0 radical (unpaired) electrons. The number of hydrogen-bond donors (Lipinski definition) is 2. The summed E-state index contributed by atoms with van der Waals surface area (Å²) >= 11 is 0. The zero-order valence-electron chi connectivity index (χ0n) is 17.2. The van der Waals surface area contributed by atoms with Gasteiger partial charge in [0.15, 0.2) is 0 Å². The highest BCUT2D eigenvalue weighted by Crippen LogP contribution is 2.25. The van der Waals surface area contributed by atoms with Crippen LogP contribution in [0.25, 0.3) is 0 Å². The van der Waals surface area contributed by atoms with E-state index in [4.69, 9.17) is 4.74 Å². The molecular formula is C23H30FN3O2. The summed E-state index contributed by atoms with van der Waals surface area (Å²) in [4.78, 5) is 14.8. The summed E-state index contributed by atoms with van der Waals surface area (Å²) in [5, 5.41) is 5.89. The third-order valence-electron chi connectivity index (χ3n) is 5.42. The molecule has 2 N–H and O–H groups in total. The molecular weight excluding hydrogens is 369 g/mol. The molecule has 1 aliphatic rings. The summed E-state index contributed by atoms with van der Waals surface area (Å²) in [6, 6.07) is 16.7. The van der Waals surface area contributed by atoms with Gasteiger partial charge < -0.3 is 15.4 Å². The molecule has 1 saturated heterocycles. The van der Waals surface area contributed by atoms with Crippen molar-refractivity contribution in [3.63, 3.8) is 0 Å². The molecule has 29 heavy (non-hydrogen) atoms. The normalized spacial score (nSPS) is 16.2. The summed E-state index contributed by atoms with van der Waals surface area (Å²) in [7, 11) is 0. The maximum absolute atomic E-state index is 14.1. The van der Waals surface area contributed by atoms with E-state index in [1.807, 2.05) is 38.1 Å². The van der Waals surface area contributed by atoms with Crippen molar-refractivity contribution in [3.05, 3.63) is 71.5 Å². The smallest absolute Gasteiger partial charge is 0.314 e. The first-order valence-corrected chi connectivity index (χ1v) is 10.1. The van der Waals surface area contributed by atoms with Crippen LogP contribution in [0, 0.1) is 5.82 Å². The van der Waals surface area contributed by atoms with Gasteiger partial charge in [-0.1, -0.05) is 62.4 Å². The molecule has 0 saturated carbocycles. The van der Waals surface area contributed by atoms with Crippen LogP contribution in [0.1, 0.15) is 31.0 Å². The number of nitrogens with one attached hydrogen (secondary N) is 2. The molecule has 1 aliphatic heterocycles. The first-order valence-electron chi connectivity index (χ1n) is 10.1.